The molecular formula is C22H29NO6. The van der Waals surface area contributed by atoms with E-state index < -0.39 is 0 Å². The van der Waals surface area contributed by atoms with Crippen LogP contribution in [0.5, 0.6) is 23.0 Å². The topological polar surface area (TPSA) is 75.3 Å². The number of hydrogen-bond donors (Lipinski definition) is 1. The molecule has 0 radical (unpaired) electrons. The van der Waals surface area contributed by atoms with Crippen molar-refractivity contribution in [3.05, 3.63) is 41.3 Å². The number of carbonyl (C=O) groups excluding carboxylic acids is 1. The number of methoxy groups -OCH3 is 4. The van der Waals surface area contributed by atoms with Crippen LogP contribution in [0.4, 0.5) is 0 Å². The lowest BCUT2D eigenvalue weighted by molar-refractivity contribution is -0.116. The van der Waals surface area contributed by atoms with Crippen molar-refractivity contribution in [2.75, 3.05) is 41.6 Å². The standard InChI is InChI=1S/C22H29NO6/c1-7-14(9-15(12-25-3)23-8-2)17-10-16(24)13-29-20-18(17)11-19(26-4)21(27-5)22(20)28-6/h9-12,23H,7-8,13H2,1-6H3/b14-9+,15-12-. The van der Waals surface area contributed by atoms with Crippen molar-refractivity contribution in [2.45, 2.75) is 20.3 Å². The van der Waals surface area contributed by atoms with E-state index in [1.54, 1.807) is 32.6 Å². The maximum atomic E-state index is 12.4. The average Bonchev–Trinajstić information content (AvgIpc) is 2.89. The normalized spacial score (nSPS) is 14.3. The summed E-state index contributed by atoms with van der Waals surface area (Å²) in [4.78, 5) is 12.4. The minimum Gasteiger partial charge on any atom is -0.502 e. The van der Waals surface area contributed by atoms with Crippen molar-refractivity contribution in [1.82, 2.24) is 5.32 Å². The maximum absolute atomic E-state index is 12.4. The Kier molecular flexibility index (Phi) is 8.00. The predicted molar refractivity (Wildman–Crippen MR) is 112 cm³/mol. The summed E-state index contributed by atoms with van der Waals surface area (Å²) in [6.07, 6.45) is 5.87. The fourth-order valence-electron chi connectivity index (χ4n) is 3.18. The Morgan fingerprint density at radius 2 is 1.86 bits per heavy atom. The number of ether oxygens (including phenoxy) is 5. The second-order valence-electron chi connectivity index (χ2n) is 6.20. The van der Waals surface area contributed by atoms with Gasteiger partial charge in [-0.2, -0.15) is 0 Å². The summed E-state index contributed by atoms with van der Waals surface area (Å²) in [5, 5.41) is 3.25. The van der Waals surface area contributed by atoms with Crippen molar-refractivity contribution in [1.29, 1.82) is 0 Å². The lowest BCUT2D eigenvalue weighted by Gasteiger charge is -2.20. The van der Waals surface area contributed by atoms with Crippen LogP contribution in [0.2, 0.25) is 0 Å². The van der Waals surface area contributed by atoms with E-state index in [4.69, 9.17) is 23.7 Å². The third kappa shape index (κ3) is 4.85. The number of carbonyl (C=O) groups is 1. The van der Waals surface area contributed by atoms with E-state index >= 15 is 0 Å². The molecule has 1 aromatic carbocycles. The molecule has 7 heteroatoms. The molecule has 0 amide bonds. The largest absolute Gasteiger partial charge is 0.502 e. The molecule has 1 heterocycles. The van der Waals surface area contributed by atoms with Gasteiger partial charge in [-0.3, -0.25) is 4.79 Å². The fourth-order valence-corrected chi connectivity index (χ4v) is 3.18. The molecule has 0 aromatic heterocycles. The van der Waals surface area contributed by atoms with Gasteiger partial charge in [0.1, 0.15) is 6.26 Å². The van der Waals surface area contributed by atoms with Crippen molar-refractivity contribution in [3.63, 3.8) is 0 Å². The summed E-state index contributed by atoms with van der Waals surface area (Å²) in [5.74, 6) is 1.59. The first-order chi connectivity index (χ1) is 14.0. The van der Waals surface area contributed by atoms with Gasteiger partial charge in [-0.05, 0) is 42.7 Å². The van der Waals surface area contributed by atoms with Crippen LogP contribution in [0.3, 0.4) is 0 Å². The van der Waals surface area contributed by atoms with Gasteiger partial charge in [0.25, 0.3) is 0 Å². The second kappa shape index (κ2) is 10.5. The van der Waals surface area contributed by atoms with E-state index in [9.17, 15) is 4.79 Å². The average molecular weight is 403 g/mol. The van der Waals surface area contributed by atoms with Crippen molar-refractivity contribution in [2.24, 2.45) is 0 Å². The number of allylic oxidation sites excluding steroid dienone is 3. The van der Waals surface area contributed by atoms with Gasteiger partial charge in [0, 0.05) is 12.1 Å². The lowest BCUT2D eigenvalue weighted by atomic mass is 9.93. The first-order valence-electron chi connectivity index (χ1n) is 9.42. The zero-order chi connectivity index (χ0) is 21.4. The molecule has 0 spiro atoms. The molecule has 1 aromatic rings. The fraction of sp³-hybridized carbons (Fsp3) is 0.409. The molecule has 0 atom stereocenters. The van der Waals surface area contributed by atoms with E-state index in [1.165, 1.54) is 14.2 Å². The highest BCUT2D eigenvalue weighted by Gasteiger charge is 2.27. The Balaban J connectivity index is 2.75. The number of likely N-dealkylation sites (N-methyl/N-ethyl adjacent to an activating group) is 1. The summed E-state index contributed by atoms with van der Waals surface area (Å²) >= 11 is 0. The van der Waals surface area contributed by atoms with Gasteiger partial charge in [0.05, 0.1) is 34.1 Å². The molecule has 158 valence electrons. The number of fused-ring (bicyclic) bond motifs is 1. The number of nitrogens with one attached hydrogen (secondary N) is 1. The summed E-state index contributed by atoms with van der Waals surface area (Å²) in [5.41, 5.74) is 3.18. The molecule has 2 rings (SSSR count). The van der Waals surface area contributed by atoms with Gasteiger partial charge in [-0.1, -0.05) is 6.92 Å². The molecule has 0 bridgehead atoms. The molecule has 7 nitrogen and oxygen atoms in total. The number of rotatable bonds is 9. The molecule has 0 saturated carbocycles. The van der Waals surface area contributed by atoms with Crippen molar-refractivity contribution < 1.29 is 28.5 Å². The van der Waals surface area contributed by atoms with Gasteiger partial charge < -0.3 is 29.0 Å². The summed E-state index contributed by atoms with van der Waals surface area (Å²) in [6, 6.07) is 1.80. The van der Waals surface area contributed by atoms with Crippen LogP contribution in [0, 0.1) is 0 Å². The van der Waals surface area contributed by atoms with Crippen LogP contribution < -0.4 is 24.3 Å². The van der Waals surface area contributed by atoms with Crippen LogP contribution in [-0.4, -0.2) is 47.4 Å². The van der Waals surface area contributed by atoms with Gasteiger partial charge in [0.2, 0.25) is 11.5 Å². The monoisotopic (exact) mass is 403 g/mol. The first kappa shape index (κ1) is 22.2. The van der Waals surface area contributed by atoms with Gasteiger partial charge in [-0.25, -0.2) is 0 Å². The van der Waals surface area contributed by atoms with Gasteiger partial charge in [0.15, 0.2) is 23.9 Å². The molecule has 1 aliphatic heterocycles. The molecule has 29 heavy (non-hydrogen) atoms. The van der Waals surface area contributed by atoms with E-state index in [0.29, 0.717) is 35.0 Å². The summed E-state index contributed by atoms with van der Waals surface area (Å²) in [6.45, 7) is 4.67. The van der Waals surface area contributed by atoms with Crippen LogP contribution in [0.1, 0.15) is 25.8 Å². The molecule has 1 aliphatic rings. The third-order valence-electron chi connectivity index (χ3n) is 4.42. The minimum absolute atomic E-state index is 0.0900. The van der Waals surface area contributed by atoms with Crippen molar-refractivity contribution >= 4 is 11.4 Å². The third-order valence-corrected chi connectivity index (χ3v) is 4.42. The molecule has 0 aliphatic carbocycles. The Labute approximate surface area is 171 Å². The molecule has 0 unspecified atom stereocenters. The lowest BCUT2D eigenvalue weighted by Crippen LogP contribution is -2.11. The van der Waals surface area contributed by atoms with Gasteiger partial charge in [-0.15, -0.1) is 0 Å². The molecule has 1 N–H and O–H groups in total. The Morgan fingerprint density at radius 3 is 2.41 bits per heavy atom. The Bertz CT molecular complexity index is 838. The highest BCUT2D eigenvalue weighted by molar-refractivity contribution is 6.03. The molecule has 0 saturated heterocycles. The second-order valence-corrected chi connectivity index (χ2v) is 6.20. The molecular weight excluding hydrogens is 374 g/mol. The highest BCUT2D eigenvalue weighted by Crippen LogP contribution is 2.50. The predicted octanol–water partition coefficient (Wildman–Crippen LogP) is 3.49. The summed E-state index contributed by atoms with van der Waals surface area (Å²) in [7, 11) is 6.20. The van der Waals surface area contributed by atoms with Gasteiger partial charge >= 0.3 is 0 Å². The SMILES string of the molecule is CCNC(=C\OC)/C=C(\CC)C1=CC(=O)COc2c1cc(OC)c(OC)c2OC. The zero-order valence-corrected chi connectivity index (χ0v) is 17.9. The van der Waals surface area contributed by atoms with Crippen LogP contribution in [0.15, 0.2) is 35.8 Å². The Morgan fingerprint density at radius 1 is 1.14 bits per heavy atom. The minimum atomic E-state index is -0.142. The maximum Gasteiger partial charge on any atom is 0.207 e. The first-order valence-corrected chi connectivity index (χ1v) is 9.42. The summed E-state index contributed by atoms with van der Waals surface area (Å²) < 4.78 is 27.5. The van der Waals surface area contributed by atoms with Crippen LogP contribution in [0.25, 0.3) is 5.57 Å². The van der Waals surface area contributed by atoms with E-state index in [1.807, 2.05) is 19.9 Å². The van der Waals surface area contributed by atoms with E-state index in [2.05, 4.69) is 5.32 Å². The Hall–Kier alpha value is -3.09. The van der Waals surface area contributed by atoms with E-state index in [0.717, 1.165) is 23.4 Å². The zero-order valence-electron chi connectivity index (χ0n) is 17.9. The van der Waals surface area contributed by atoms with Crippen LogP contribution >= 0.6 is 0 Å². The number of ketones is 1. The van der Waals surface area contributed by atoms with Crippen molar-refractivity contribution in [3.8, 4) is 23.0 Å². The highest BCUT2D eigenvalue weighted by atomic mass is 16.5. The van der Waals surface area contributed by atoms with E-state index in [-0.39, 0.29) is 12.4 Å². The van der Waals surface area contributed by atoms with Crippen LogP contribution in [-0.2, 0) is 9.53 Å². The quantitative estimate of drug-likeness (QED) is 0.500. The number of benzene rings is 1. The smallest absolute Gasteiger partial charge is 0.207 e. The molecule has 0 fully saturated rings. The number of hydrogen-bond acceptors (Lipinski definition) is 7.